The maximum absolute atomic E-state index is 12.3. The number of likely N-dealkylation sites (N-methyl/N-ethyl adjacent to an activating group) is 1. The van der Waals surface area contributed by atoms with Crippen LogP contribution in [0.25, 0.3) is 0 Å². The smallest absolute Gasteiger partial charge is 0.405 e. The fourth-order valence-corrected chi connectivity index (χ4v) is 1.87. The highest BCUT2D eigenvalue weighted by Crippen LogP contribution is 2.25. The van der Waals surface area contributed by atoms with Crippen LogP contribution in [0.2, 0.25) is 0 Å². The van der Waals surface area contributed by atoms with E-state index in [1.54, 1.807) is 11.0 Å². The van der Waals surface area contributed by atoms with Gasteiger partial charge in [0.05, 0.1) is 6.54 Å². The first-order chi connectivity index (χ1) is 9.87. The largest absolute Gasteiger partial charge is 0.573 e. The van der Waals surface area contributed by atoms with Crippen molar-refractivity contribution in [2.24, 2.45) is 0 Å². The van der Waals surface area contributed by atoms with Crippen LogP contribution in [-0.4, -0.2) is 36.8 Å². The van der Waals surface area contributed by atoms with Gasteiger partial charge in [-0.3, -0.25) is 4.79 Å². The third kappa shape index (κ3) is 6.03. The molecule has 118 valence electrons. The summed E-state index contributed by atoms with van der Waals surface area (Å²) in [6.07, 6.45) is -4.73. The molecule has 0 bridgehead atoms. The average Bonchev–Trinajstić information content (AvgIpc) is 2.40. The van der Waals surface area contributed by atoms with Crippen molar-refractivity contribution >= 4 is 5.91 Å². The standard InChI is InChI=1S/C14H19F3N2O2/c1-3-19(4-2)13(20)10-18-9-11-7-5-6-8-12(11)21-14(15,16)17/h5-8,18H,3-4,9-10H2,1-2H3. The molecule has 1 rings (SSSR count). The van der Waals surface area contributed by atoms with Gasteiger partial charge in [0.15, 0.2) is 0 Å². The minimum Gasteiger partial charge on any atom is -0.405 e. The number of carbonyl (C=O) groups is 1. The summed E-state index contributed by atoms with van der Waals surface area (Å²) in [5, 5.41) is 2.84. The molecule has 0 aromatic heterocycles. The van der Waals surface area contributed by atoms with E-state index in [0.717, 1.165) is 0 Å². The van der Waals surface area contributed by atoms with Gasteiger partial charge in [-0.1, -0.05) is 18.2 Å². The zero-order valence-corrected chi connectivity index (χ0v) is 12.0. The number of ether oxygens (including phenoxy) is 1. The van der Waals surface area contributed by atoms with Gasteiger partial charge in [-0.25, -0.2) is 0 Å². The Morgan fingerprint density at radius 3 is 2.43 bits per heavy atom. The number of amides is 1. The highest BCUT2D eigenvalue weighted by Gasteiger charge is 2.31. The number of hydrogen-bond donors (Lipinski definition) is 1. The van der Waals surface area contributed by atoms with E-state index in [1.165, 1.54) is 18.2 Å². The molecule has 0 aliphatic rings. The molecule has 0 unspecified atom stereocenters. The van der Waals surface area contributed by atoms with Gasteiger partial charge in [-0.2, -0.15) is 0 Å². The summed E-state index contributed by atoms with van der Waals surface area (Å²) >= 11 is 0. The summed E-state index contributed by atoms with van der Waals surface area (Å²) in [4.78, 5) is 13.4. The number of rotatable bonds is 7. The molecule has 1 aromatic rings. The second-order valence-corrected chi connectivity index (χ2v) is 4.33. The van der Waals surface area contributed by atoms with Crippen molar-refractivity contribution in [3.8, 4) is 5.75 Å². The molecule has 1 aromatic carbocycles. The van der Waals surface area contributed by atoms with Crippen LogP contribution < -0.4 is 10.1 Å². The van der Waals surface area contributed by atoms with Crippen LogP contribution in [0, 0.1) is 0 Å². The number of alkyl halides is 3. The van der Waals surface area contributed by atoms with Crippen molar-refractivity contribution in [1.82, 2.24) is 10.2 Å². The summed E-state index contributed by atoms with van der Waals surface area (Å²) in [5.74, 6) is -0.345. The summed E-state index contributed by atoms with van der Waals surface area (Å²) in [6.45, 7) is 5.14. The van der Waals surface area contributed by atoms with Gasteiger partial charge in [0, 0.05) is 25.2 Å². The Kier molecular flexibility index (Phi) is 6.48. The topological polar surface area (TPSA) is 41.6 Å². The Hall–Kier alpha value is -1.76. The summed E-state index contributed by atoms with van der Waals surface area (Å²) < 4.78 is 40.7. The zero-order chi connectivity index (χ0) is 15.9. The Balaban J connectivity index is 2.58. The number of carbonyl (C=O) groups excluding carboxylic acids is 1. The van der Waals surface area contributed by atoms with Crippen molar-refractivity contribution < 1.29 is 22.7 Å². The van der Waals surface area contributed by atoms with Gasteiger partial charge in [0.25, 0.3) is 0 Å². The lowest BCUT2D eigenvalue weighted by Crippen LogP contribution is -2.37. The van der Waals surface area contributed by atoms with E-state index in [4.69, 9.17) is 0 Å². The van der Waals surface area contributed by atoms with Crippen molar-refractivity contribution in [2.45, 2.75) is 26.8 Å². The summed E-state index contributed by atoms with van der Waals surface area (Å²) in [6, 6.07) is 5.85. The lowest BCUT2D eigenvalue weighted by molar-refractivity contribution is -0.274. The normalized spacial score (nSPS) is 11.3. The molecule has 0 spiro atoms. The number of halogens is 3. The third-order valence-corrected chi connectivity index (χ3v) is 2.91. The maximum Gasteiger partial charge on any atom is 0.573 e. The number of benzene rings is 1. The van der Waals surface area contributed by atoms with Crippen LogP contribution in [0.1, 0.15) is 19.4 Å². The van der Waals surface area contributed by atoms with Crippen LogP contribution in [0.5, 0.6) is 5.75 Å². The van der Waals surface area contributed by atoms with Crippen molar-refractivity contribution in [3.05, 3.63) is 29.8 Å². The van der Waals surface area contributed by atoms with Crippen LogP contribution in [-0.2, 0) is 11.3 Å². The monoisotopic (exact) mass is 304 g/mol. The fourth-order valence-electron chi connectivity index (χ4n) is 1.87. The second-order valence-electron chi connectivity index (χ2n) is 4.33. The Bertz CT molecular complexity index is 460. The number of nitrogens with zero attached hydrogens (tertiary/aromatic N) is 1. The number of para-hydroxylation sites is 1. The van der Waals surface area contributed by atoms with E-state index in [0.29, 0.717) is 18.7 Å². The average molecular weight is 304 g/mol. The van der Waals surface area contributed by atoms with Gasteiger partial charge in [-0.05, 0) is 19.9 Å². The van der Waals surface area contributed by atoms with E-state index in [9.17, 15) is 18.0 Å². The van der Waals surface area contributed by atoms with Crippen LogP contribution in [0.15, 0.2) is 24.3 Å². The molecule has 0 aliphatic carbocycles. The number of nitrogens with one attached hydrogen (secondary N) is 1. The predicted molar refractivity (Wildman–Crippen MR) is 72.8 cm³/mol. The molecule has 0 fully saturated rings. The Labute approximate surface area is 121 Å². The van der Waals surface area contributed by atoms with Crippen LogP contribution in [0.3, 0.4) is 0 Å². The molecule has 0 aliphatic heterocycles. The molecule has 7 heteroatoms. The maximum atomic E-state index is 12.3. The van der Waals surface area contributed by atoms with Gasteiger partial charge in [-0.15, -0.1) is 13.2 Å². The molecular formula is C14H19F3N2O2. The minimum atomic E-state index is -4.73. The van der Waals surface area contributed by atoms with Crippen LogP contribution >= 0.6 is 0 Å². The van der Waals surface area contributed by atoms with Crippen LogP contribution in [0.4, 0.5) is 13.2 Å². The minimum absolute atomic E-state index is 0.0715. The zero-order valence-electron chi connectivity index (χ0n) is 12.0. The number of hydrogen-bond acceptors (Lipinski definition) is 3. The highest BCUT2D eigenvalue weighted by molar-refractivity contribution is 5.78. The quantitative estimate of drug-likeness (QED) is 0.841. The molecule has 1 N–H and O–H groups in total. The highest BCUT2D eigenvalue weighted by atomic mass is 19.4. The molecular weight excluding hydrogens is 285 g/mol. The molecule has 4 nitrogen and oxygen atoms in total. The first-order valence-electron chi connectivity index (χ1n) is 6.69. The lowest BCUT2D eigenvalue weighted by atomic mass is 10.2. The van der Waals surface area contributed by atoms with E-state index >= 15 is 0 Å². The molecule has 1 amide bonds. The van der Waals surface area contributed by atoms with Crippen molar-refractivity contribution in [1.29, 1.82) is 0 Å². The third-order valence-electron chi connectivity index (χ3n) is 2.91. The van der Waals surface area contributed by atoms with E-state index < -0.39 is 6.36 Å². The molecule has 21 heavy (non-hydrogen) atoms. The van der Waals surface area contributed by atoms with Gasteiger partial charge < -0.3 is 15.0 Å². The molecule has 0 saturated heterocycles. The molecule has 0 saturated carbocycles. The second kappa shape index (κ2) is 7.87. The van der Waals surface area contributed by atoms with Gasteiger partial charge in [0.2, 0.25) is 5.91 Å². The van der Waals surface area contributed by atoms with Crippen molar-refractivity contribution in [2.75, 3.05) is 19.6 Å². The first kappa shape index (κ1) is 17.3. The first-order valence-corrected chi connectivity index (χ1v) is 6.69. The molecule has 0 heterocycles. The summed E-state index contributed by atoms with van der Waals surface area (Å²) in [5.41, 5.74) is 0.349. The van der Waals surface area contributed by atoms with Gasteiger partial charge >= 0.3 is 6.36 Å². The molecule has 0 radical (unpaired) electrons. The van der Waals surface area contributed by atoms with E-state index in [1.807, 2.05) is 13.8 Å². The predicted octanol–water partition coefficient (Wildman–Crippen LogP) is 2.54. The Morgan fingerprint density at radius 1 is 1.24 bits per heavy atom. The Morgan fingerprint density at radius 2 is 1.86 bits per heavy atom. The lowest BCUT2D eigenvalue weighted by Gasteiger charge is -2.19. The van der Waals surface area contributed by atoms with Crippen molar-refractivity contribution in [3.63, 3.8) is 0 Å². The van der Waals surface area contributed by atoms with Gasteiger partial charge in [0.1, 0.15) is 5.75 Å². The van der Waals surface area contributed by atoms with E-state index in [2.05, 4.69) is 10.1 Å². The van der Waals surface area contributed by atoms with E-state index in [-0.39, 0.29) is 24.7 Å². The SMILES string of the molecule is CCN(CC)C(=O)CNCc1ccccc1OC(F)(F)F. The summed E-state index contributed by atoms with van der Waals surface area (Å²) in [7, 11) is 0. The fraction of sp³-hybridized carbons (Fsp3) is 0.500. The molecule has 0 atom stereocenters.